The summed E-state index contributed by atoms with van der Waals surface area (Å²) in [5.41, 5.74) is 4.98. The predicted molar refractivity (Wildman–Crippen MR) is 118 cm³/mol. The minimum absolute atomic E-state index is 0.297. The molecule has 1 aliphatic carbocycles. The van der Waals surface area contributed by atoms with Gasteiger partial charge in [-0.05, 0) is 43.5 Å². The van der Waals surface area contributed by atoms with Crippen LogP contribution in [-0.2, 0) is 4.79 Å². The molecular formula is C23H25ClN4O2. The number of nitrogens with zero attached hydrogens (tertiary/aromatic N) is 4. The Bertz CT molecular complexity index is 1110. The van der Waals surface area contributed by atoms with E-state index in [-0.39, 0.29) is 0 Å². The molecule has 156 valence electrons. The van der Waals surface area contributed by atoms with E-state index >= 15 is 0 Å². The normalized spacial score (nSPS) is 16.9. The zero-order valence-electron chi connectivity index (χ0n) is 17.3. The van der Waals surface area contributed by atoms with Gasteiger partial charge in [-0.1, -0.05) is 11.6 Å². The average Bonchev–Trinajstić information content (AvgIpc) is 3.53. The minimum atomic E-state index is 0.297. The Morgan fingerprint density at radius 3 is 2.63 bits per heavy atom. The Morgan fingerprint density at radius 2 is 1.93 bits per heavy atom. The number of hydrogen-bond donors (Lipinski definition) is 0. The Balaban J connectivity index is 1.37. The molecule has 6 nitrogen and oxygen atoms in total. The largest absolute Gasteiger partial charge is 0.495 e. The number of halogens is 1. The zero-order chi connectivity index (χ0) is 20.8. The summed E-state index contributed by atoms with van der Waals surface area (Å²) in [5.74, 6) is 1.31. The molecule has 7 heteroatoms. The van der Waals surface area contributed by atoms with Crippen LogP contribution in [-0.4, -0.2) is 53.5 Å². The van der Waals surface area contributed by atoms with Crippen molar-refractivity contribution in [3.8, 4) is 17.0 Å². The fourth-order valence-corrected chi connectivity index (χ4v) is 4.40. The fourth-order valence-electron chi connectivity index (χ4n) is 4.16. The van der Waals surface area contributed by atoms with Gasteiger partial charge in [-0.25, -0.2) is 4.98 Å². The van der Waals surface area contributed by atoms with Crippen LogP contribution in [0.5, 0.6) is 5.75 Å². The van der Waals surface area contributed by atoms with E-state index in [9.17, 15) is 4.79 Å². The van der Waals surface area contributed by atoms with E-state index < -0.39 is 0 Å². The summed E-state index contributed by atoms with van der Waals surface area (Å²) in [6, 6.07) is 8.08. The number of carbonyl (C=O) groups is 1. The molecule has 5 rings (SSSR count). The van der Waals surface area contributed by atoms with Gasteiger partial charge in [0.25, 0.3) is 0 Å². The Kier molecular flexibility index (Phi) is 4.82. The number of imidazole rings is 1. The summed E-state index contributed by atoms with van der Waals surface area (Å²) < 4.78 is 7.34. The number of carbonyl (C=O) groups excluding carboxylic acids is 1. The molecule has 1 saturated heterocycles. The quantitative estimate of drug-likeness (QED) is 0.634. The van der Waals surface area contributed by atoms with Gasteiger partial charge in [-0.15, -0.1) is 0 Å². The van der Waals surface area contributed by atoms with E-state index in [4.69, 9.17) is 21.3 Å². The van der Waals surface area contributed by atoms with Crippen molar-refractivity contribution in [3.63, 3.8) is 0 Å². The molecule has 1 amide bonds. The monoisotopic (exact) mass is 424 g/mol. The van der Waals surface area contributed by atoms with E-state index in [1.54, 1.807) is 7.11 Å². The number of amides is 1. The number of fused-ring (bicyclic) bond motifs is 1. The minimum Gasteiger partial charge on any atom is -0.495 e. The summed E-state index contributed by atoms with van der Waals surface area (Å²) in [6.45, 7) is 5.34. The van der Waals surface area contributed by atoms with Crippen molar-refractivity contribution < 1.29 is 9.53 Å². The molecule has 0 atom stereocenters. The first-order chi connectivity index (χ1) is 14.5. The van der Waals surface area contributed by atoms with Gasteiger partial charge in [0.2, 0.25) is 5.91 Å². The standard InChI is InChI=1S/C23H25ClN4O2/c1-15-11-21(30-2)19(24)13-18(15)20-14-28-6-5-17(12-22(28)25-20)26-7-9-27(10-8-26)23(29)16-3-4-16/h5-6,11-14,16H,3-4,7-10H2,1-2H3. The van der Waals surface area contributed by atoms with E-state index in [0.717, 1.165) is 67.2 Å². The van der Waals surface area contributed by atoms with Crippen LogP contribution in [0, 0.1) is 12.8 Å². The molecule has 0 bridgehead atoms. The smallest absolute Gasteiger partial charge is 0.225 e. The van der Waals surface area contributed by atoms with Crippen molar-refractivity contribution in [1.82, 2.24) is 14.3 Å². The van der Waals surface area contributed by atoms with Gasteiger partial charge >= 0.3 is 0 Å². The van der Waals surface area contributed by atoms with Crippen LogP contribution >= 0.6 is 11.6 Å². The van der Waals surface area contributed by atoms with Gasteiger partial charge in [0, 0.05) is 61.8 Å². The van der Waals surface area contributed by atoms with Crippen molar-refractivity contribution in [2.24, 2.45) is 5.92 Å². The van der Waals surface area contributed by atoms with Gasteiger partial charge < -0.3 is 18.9 Å². The third-order valence-electron chi connectivity index (χ3n) is 6.10. The topological polar surface area (TPSA) is 50.1 Å². The zero-order valence-corrected chi connectivity index (χ0v) is 18.0. The van der Waals surface area contributed by atoms with Gasteiger partial charge in [0.15, 0.2) is 0 Å². The van der Waals surface area contributed by atoms with Crippen molar-refractivity contribution in [3.05, 3.63) is 47.2 Å². The molecule has 2 aromatic heterocycles. The van der Waals surface area contributed by atoms with Crippen molar-refractivity contribution in [2.75, 3.05) is 38.2 Å². The summed E-state index contributed by atoms with van der Waals surface area (Å²) in [4.78, 5) is 21.5. The molecule has 1 aliphatic heterocycles. The number of ether oxygens (including phenoxy) is 1. The lowest BCUT2D eigenvalue weighted by Gasteiger charge is -2.36. The molecule has 3 aromatic rings. The van der Waals surface area contributed by atoms with E-state index in [1.807, 2.05) is 40.8 Å². The summed E-state index contributed by atoms with van der Waals surface area (Å²) in [5, 5.41) is 0.578. The lowest BCUT2D eigenvalue weighted by Crippen LogP contribution is -2.49. The molecule has 2 fully saturated rings. The van der Waals surface area contributed by atoms with Crippen LogP contribution < -0.4 is 9.64 Å². The second kappa shape index (κ2) is 7.51. The highest BCUT2D eigenvalue weighted by atomic mass is 35.5. The molecule has 2 aliphatic rings. The maximum Gasteiger partial charge on any atom is 0.225 e. The molecule has 1 saturated carbocycles. The number of benzene rings is 1. The fraction of sp³-hybridized carbons (Fsp3) is 0.391. The lowest BCUT2D eigenvalue weighted by molar-refractivity contribution is -0.132. The number of rotatable bonds is 4. The molecule has 3 heterocycles. The van der Waals surface area contributed by atoms with Crippen LogP contribution in [0.1, 0.15) is 18.4 Å². The molecule has 0 radical (unpaired) electrons. The molecule has 0 spiro atoms. The van der Waals surface area contributed by atoms with Crippen molar-refractivity contribution in [2.45, 2.75) is 19.8 Å². The SMILES string of the molecule is COc1cc(C)c(-c2cn3ccc(N4CCN(C(=O)C5CC5)CC4)cc3n2)cc1Cl. The van der Waals surface area contributed by atoms with Gasteiger partial charge in [-0.2, -0.15) is 0 Å². The average molecular weight is 425 g/mol. The Labute approximate surface area is 181 Å². The van der Waals surface area contributed by atoms with Crippen LogP contribution in [0.3, 0.4) is 0 Å². The second-order valence-electron chi connectivity index (χ2n) is 8.16. The third-order valence-corrected chi connectivity index (χ3v) is 6.40. The maximum absolute atomic E-state index is 12.3. The van der Waals surface area contributed by atoms with Crippen molar-refractivity contribution >= 4 is 28.8 Å². The summed E-state index contributed by atoms with van der Waals surface area (Å²) >= 11 is 6.34. The highest BCUT2D eigenvalue weighted by Crippen LogP contribution is 2.34. The van der Waals surface area contributed by atoms with E-state index in [1.165, 1.54) is 0 Å². The molecule has 30 heavy (non-hydrogen) atoms. The number of anilines is 1. The van der Waals surface area contributed by atoms with Crippen LogP contribution in [0.2, 0.25) is 5.02 Å². The number of piperazine rings is 1. The lowest BCUT2D eigenvalue weighted by atomic mass is 10.1. The van der Waals surface area contributed by atoms with E-state index in [0.29, 0.717) is 22.6 Å². The maximum atomic E-state index is 12.3. The summed E-state index contributed by atoms with van der Waals surface area (Å²) in [6.07, 6.45) is 6.20. The number of methoxy groups -OCH3 is 1. The first-order valence-corrected chi connectivity index (χ1v) is 10.8. The number of hydrogen-bond acceptors (Lipinski definition) is 4. The number of pyridine rings is 1. The Morgan fingerprint density at radius 1 is 1.17 bits per heavy atom. The predicted octanol–water partition coefficient (Wildman–Crippen LogP) is 4.03. The highest BCUT2D eigenvalue weighted by molar-refractivity contribution is 6.32. The van der Waals surface area contributed by atoms with Gasteiger partial charge in [-0.3, -0.25) is 4.79 Å². The van der Waals surface area contributed by atoms with Crippen molar-refractivity contribution in [1.29, 1.82) is 0 Å². The van der Waals surface area contributed by atoms with Crippen LogP contribution in [0.25, 0.3) is 16.9 Å². The van der Waals surface area contributed by atoms with Gasteiger partial charge in [0.05, 0.1) is 17.8 Å². The molecule has 0 unspecified atom stereocenters. The highest BCUT2D eigenvalue weighted by Gasteiger charge is 2.34. The molecular weight excluding hydrogens is 400 g/mol. The number of aromatic nitrogens is 2. The van der Waals surface area contributed by atoms with E-state index in [2.05, 4.69) is 17.0 Å². The van der Waals surface area contributed by atoms with Crippen LogP contribution in [0.15, 0.2) is 36.7 Å². The molecule has 0 N–H and O–H groups in total. The molecule has 1 aromatic carbocycles. The second-order valence-corrected chi connectivity index (χ2v) is 8.57. The first kappa shape index (κ1) is 19.2. The number of aryl methyl sites for hydroxylation is 1. The van der Waals surface area contributed by atoms with Gasteiger partial charge in [0.1, 0.15) is 11.4 Å². The Hall–Kier alpha value is -2.73. The van der Waals surface area contributed by atoms with Crippen LogP contribution in [0.4, 0.5) is 5.69 Å². The third kappa shape index (κ3) is 3.49. The summed E-state index contributed by atoms with van der Waals surface area (Å²) in [7, 11) is 1.62. The first-order valence-electron chi connectivity index (χ1n) is 10.4.